The van der Waals surface area contributed by atoms with Gasteiger partial charge in [-0.05, 0) is 24.6 Å². The molecule has 2 atom stereocenters. The van der Waals surface area contributed by atoms with Crippen LogP contribution in [0.3, 0.4) is 0 Å². The van der Waals surface area contributed by atoms with Crippen molar-refractivity contribution in [1.82, 2.24) is 20.4 Å². The molecular weight excluding hydrogens is 204 g/mol. The fraction of sp³-hybridized carbons (Fsp3) is 0.455. The van der Waals surface area contributed by atoms with Crippen molar-refractivity contribution in [3.05, 3.63) is 24.2 Å². The monoisotopic (exact) mass is 218 g/mol. The van der Waals surface area contributed by atoms with E-state index in [0.29, 0.717) is 17.7 Å². The first-order valence-corrected chi connectivity index (χ1v) is 5.52. The lowest BCUT2D eigenvalue weighted by Gasteiger charge is -2.07. The van der Waals surface area contributed by atoms with Crippen molar-refractivity contribution in [3.63, 3.8) is 0 Å². The average Bonchev–Trinajstić information content (AvgIpc) is 2.96. The highest BCUT2D eigenvalue weighted by Gasteiger charge is 2.29. The van der Waals surface area contributed by atoms with E-state index in [0.717, 1.165) is 24.7 Å². The maximum absolute atomic E-state index is 5.32. The van der Waals surface area contributed by atoms with Crippen LogP contribution in [0, 0.1) is 5.92 Å². The first-order valence-electron chi connectivity index (χ1n) is 5.52. The third-order valence-electron chi connectivity index (χ3n) is 3.12. The van der Waals surface area contributed by atoms with Crippen molar-refractivity contribution in [2.75, 3.05) is 13.1 Å². The Kier molecular flexibility index (Phi) is 2.25. The third kappa shape index (κ3) is 1.53. The lowest BCUT2D eigenvalue weighted by atomic mass is 9.98. The fourth-order valence-electron chi connectivity index (χ4n) is 2.11. The minimum atomic E-state index is 0.344. The Morgan fingerprint density at radius 2 is 2.38 bits per heavy atom. The Labute approximate surface area is 93.3 Å². The molecule has 3 rings (SSSR count). The van der Waals surface area contributed by atoms with Crippen molar-refractivity contribution in [3.8, 4) is 11.5 Å². The van der Waals surface area contributed by atoms with E-state index >= 15 is 0 Å². The minimum Gasteiger partial charge on any atom is -0.359 e. The zero-order chi connectivity index (χ0) is 11.0. The molecule has 5 nitrogen and oxygen atoms in total. The molecule has 0 aliphatic carbocycles. The van der Waals surface area contributed by atoms with Gasteiger partial charge in [0.1, 0.15) is 0 Å². The Hall–Kier alpha value is -1.62. The summed E-state index contributed by atoms with van der Waals surface area (Å²) in [6.07, 6.45) is 1.85. The Balaban J connectivity index is 1.88. The van der Waals surface area contributed by atoms with Gasteiger partial charge < -0.3 is 14.8 Å². The molecule has 84 valence electrons. The van der Waals surface area contributed by atoms with Crippen LogP contribution in [0.2, 0.25) is 0 Å². The number of H-pyrrole nitrogens is 1. The summed E-state index contributed by atoms with van der Waals surface area (Å²) < 4.78 is 5.32. The smallest absolute Gasteiger partial charge is 0.231 e. The van der Waals surface area contributed by atoms with Crippen molar-refractivity contribution in [2.24, 2.45) is 5.92 Å². The summed E-state index contributed by atoms with van der Waals surface area (Å²) in [6, 6.07) is 3.86. The Morgan fingerprint density at radius 1 is 1.44 bits per heavy atom. The highest BCUT2D eigenvalue weighted by molar-refractivity contribution is 5.47. The minimum absolute atomic E-state index is 0.344. The molecule has 5 heteroatoms. The maximum atomic E-state index is 5.32. The largest absolute Gasteiger partial charge is 0.359 e. The van der Waals surface area contributed by atoms with E-state index in [9.17, 15) is 0 Å². The van der Waals surface area contributed by atoms with E-state index in [1.54, 1.807) is 0 Å². The highest BCUT2D eigenvalue weighted by Crippen LogP contribution is 2.27. The van der Waals surface area contributed by atoms with Gasteiger partial charge >= 0.3 is 0 Å². The van der Waals surface area contributed by atoms with Crippen molar-refractivity contribution < 1.29 is 4.52 Å². The van der Waals surface area contributed by atoms with E-state index in [-0.39, 0.29) is 0 Å². The molecule has 0 radical (unpaired) electrons. The second-order valence-corrected chi connectivity index (χ2v) is 4.28. The van der Waals surface area contributed by atoms with E-state index in [2.05, 4.69) is 27.4 Å². The topological polar surface area (TPSA) is 66.7 Å². The molecule has 2 aromatic heterocycles. The molecule has 0 amide bonds. The van der Waals surface area contributed by atoms with E-state index in [1.807, 2.05) is 18.3 Å². The Morgan fingerprint density at radius 3 is 3.06 bits per heavy atom. The lowest BCUT2D eigenvalue weighted by molar-refractivity contribution is 0.340. The molecular formula is C11H14N4O. The van der Waals surface area contributed by atoms with Gasteiger partial charge in [0.25, 0.3) is 0 Å². The Bertz CT molecular complexity index is 462. The van der Waals surface area contributed by atoms with Gasteiger partial charge in [0.15, 0.2) is 0 Å². The van der Waals surface area contributed by atoms with Gasteiger partial charge in [-0.1, -0.05) is 12.1 Å². The number of nitrogens with one attached hydrogen (secondary N) is 2. The molecule has 1 saturated heterocycles. The van der Waals surface area contributed by atoms with Gasteiger partial charge in [-0.3, -0.25) is 0 Å². The van der Waals surface area contributed by atoms with Crippen molar-refractivity contribution >= 4 is 0 Å². The number of hydrogen-bond acceptors (Lipinski definition) is 4. The molecule has 2 N–H and O–H groups in total. The van der Waals surface area contributed by atoms with Crippen LogP contribution in [-0.4, -0.2) is 28.2 Å². The van der Waals surface area contributed by atoms with Gasteiger partial charge in [-0.2, -0.15) is 4.98 Å². The zero-order valence-electron chi connectivity index (χ0n) is 9.10. The van der Waals surface area contributed by atoms with Gasteiger partial charge in [-0.25, -0.2) is 0 Å². The second kappa shape index (κ2) is 3.75. The molecule has 0 aromatic carbocycles. The molecule has 2 aromatic rings. The molecule has 1 aliphatic heterocycles. The maximum Gasteiger partial charge on any atom is 0.231 e. The number of nitrogens with zero attached hydrogens (tertiary/aromatic N) is 2. The summed E-state index contributed by atoms with van der Waals surface area (Å²) in [4.78, 5) is 7.50. The number of rotatable bonds is 2. The van der Waals surface area contributed by atoms with Crippen LogP contribution in [0.4, 0.5) is 0 Å². The number of aromatic amines is 1. The van der Waals surface area contributed by atoms with Gasteiger partial charge in [-0.15, -0.1) is 0 Å². The molecule has 0 saturated carbocycles. The van der Waals surface area contributed by atoms with E-state index < -0.39 is 0 Å². The van der Waals surface area contributed by atoms with Crippen molar-refractivity contribution in [1.29, 1.82) is 0 Å². The standard InChI is InChI=1S/C11H14N4O/c1-7-5-12-6-8(7)11-14-10(15-16-11)9-3-2-4-13-9/h2-4,7-8,12-13H,5-6H2,1H3/t7-,8-/m1/s1. The molecule has 0 unspecified atom stereocenters. The van der Waals surface area contributed by atoms with Crippen LogP contribution in [0.1, 0.15) is 18.7 Å². The lowest BCUT2D eigenvalue weighted by Crippen LogP contribution is -2.08. The molecule has 0 spiro atoms. The summed E-state index contributed by atoms with van der Waals surface area (Å²) in [5, 5.41) is 7.32. The molecule has 0 bridgehead atoms. The van der Waals surface area contributed by atoms with Gasteiger partial charge in [0.2, 0.25) is 11.7 Å². The van der Waals surface area contributed by atoms with Gasteiger partial charge in [0, 0.05) is 12.7 Å². The molecule has 1 fully saturated rings. The van der Waals surface area contributed by atoms with Crippen LogP contribution in [0.5, 0.6) is 0 Å². The van der Waals surface area contributed by atoms with E-state index in [4.69, 9.17) is 4.52 Å². The van der Waals surface area contributed by atoms with Crippen LogP contribution < -0.4 is 5.32 Å². The SMILES string of the molecule is C[C@@H]1CNC[C@H]1c1nc(-c2ccc[nH]2)no1. The summed E-state index contributed by atoms with van der Waals surface area (Å²) in [5.41, 5.74) is 0.897. The quantitative estimate of drug-likeness (QED) is 0.799. The zero-order valence-corrected chi connectivity index (χ0v) is 9.10. The van der Waals surface area contributed by atoms with Crippen LogP contribution >= 0.6 is 0 Å². The summed E-state index contributed by atoms with van der Waals surface area (Å²) in [5.74, 6) is 2.27. The fourth-order valence-corrected chi connectivity index (χ4v) is 2.11. The number of aromatic nitrogens is 3. The highest BCUT2D eigenvalue weighted by atomic mass is 16.5. The first kappa shape index (κ1) is 9.59. The summed E-state index contributed by atoms with van der Waals surface area (Å²) >= 11 is 0. The molecule has 16 heavy (non-hydrogen) atoms. The first-order chi connectivity index (χ1) is 7.84. The summed E-state index contributed by atoms with van der Waals surface area (Å²) in [7, 11) is 0. The molecule has 3 heterocycles. The van der Waals surface area contributed by atoms with Crippen LogP contribution in [0.25, 0.3) is 11.5 Å². The second-order valence-electron chi connectivity index (χ2n) is 4.28. The van der Waals surface area contributed by atoms with E-state index in [1.165, 1.54) is 0 Å². The van der Waals surface area contributed by atoms with Gasteiger partial charge in [0.05, 0.1) is 11.6 Å². The molecule has 1 aliphatic rings. The average molecular weight is 218 g/mol. The summed E-state index contributed by atoms with van der Waals surface area (Å²) in [6.45, 7) is 4.14. The van der Waals surface area contributed by atoms with Crippen LogP contribution in [-0.2, 0) is 0 Å². The van der Waals surface area contributed by atoms with Crippen LogP contribution in [0.15, 0.2) is 22.9 Å². The number of hydrogen-bond donors (Lipinski definition) is 2. The predicted octanol–water partition coefficient (Wildman–Crippen LogP) is 1.39. The third-order valence-corrected chi connectivity index (χ3v) is 3.12. The van der Waals surface area contributed by atoms with Crippen molar-refractivity contribution in [2.45, 2.75) is 12.8 Å². The normalized spacial score (nSPS) is 25.1. The predicted molar refractivity (Wildman–Crippen MR) is 58.9 cm³/mol.